The highest BCUT2D eigenvalue weighted by Crippen LogP contribution is 2.40. The van der Waals surface area contributed by atoms with Crippen LogP contribution in [-0.4, -0.2) is 26.0 Å². The van der Waals surface area contributed by atoms with Gasteiger partial charge in [0, 0.05) is 17.5 Å². The second-order valence-electron chi connectivity index (χ2n) is 3.95. The predicted octanol–water partition coefficient (Wildman–Crippen LogP) is 2.18. The standard InChI is InChI=1S/C11H9N3O2S/c15-11(16)7-3-12-10(8-4-17-5-13-8)14-9(7)6-1-2-6/h3-6H,1-2H2,(H,15,16). The van der Waals surface area contributed by atoms with Crippen LogP contribution in [0.3, 0.4) is 0 Å². The first-order chi connectivity index (χ1) is 8.25. The summed E-state index contributed by atoms with van der Waals surface area (Å²) in [5.41, 5.74) is 3.27. The van der Waals surface area contributed by atoms with Crippen LogP contribution in [0.4, 0.5) is 0 Å². The quantitative estimate of drug-likeness (QED) is 0.899. The smallest absolute Gasteiger partial charge is 0.339 e. The van der Waals surface area contributed by atoms with Crippen molar-refractivity contribution in [2.24, 2.45) is 0 Å². The molecule has 3 rings (SSSR count). The summed E-state index contributed by atoms with van der Waals surface area (Å²) in [5.74, 6) is -0.170. The summed E-state index contributed by atoms with van der Waals surface area (Å²) in [6.07, 6.45) is 3.40. The Morgan fingerprint density at radius 3 is 2.82 bits per heavy atom. The van der Waals surface area contributed by atoms with Gasteiger partial charge in [-0.15, -0.1) is 11.3 Å². The first kappa shape index (κ1) is 10.3. The molecule has 17 heavy (non-hydrogen) atoms. The van der Waals surface area contributed by atoms with Crippen LogP contribution in [0.1, 0.15) is 34.8 Å². The zero-order valence-corrected chi connectivity index (χ0v) is 9.65. The molecule has 2 aromatic heterocycles. The Kier molecular flexibility index (Phi) is 2.36. The van der Waals surface area contributed by atoms with Gasteiger partial charge in [0.2, 0.25) is 0 Å². The van der Waals surface area contributed by atoms with Crippen molar-refractivity contribution in [3.05, 3.63) is 28.3 Å². The van der Waals surface area contributed by atoms with E-state index in [9.17, 15) is 4.79 Å². The molecule has 0 bridgehead atoms. The minimum absolute atomic E-state index is 0.214. The van der Waals surface area contributed by atoms with Gasteiger partial charge in [0.1, 0.15) is 5.69 Å². The normalized spacial score (nSPS) is 14.8. The summed E-state index contributed by atoms with van der Waals surface area (Å²) in [4.78, 5) is 23.6. The van der Waals surface area contributed by atoms with Crippen LogP contribution in [0.25, 0.3) is 11.5 Å². The first-order valence-corrected chi connectivity index (χ1v) is 6.19. The lowest BCUT2D eigenvalue weighted by molar-refractivity contribution is 0.0694. The Bertz CT molecular complexity index is 564. The van der Waals surface area contributed by atoms with Gasteiger partial charge in [-0.1, -0.05) is 0 Å². The molecule has 86 valence electrons. The van der Waals surface area contributed by atoms with Crippen LogP contribution in [0.5, 0.6) is 0 Å². The van der Waals surface area contributed by atoms with E-state index in [1.54, 1.807) is 5.51 Å². The molecule has 0 aliphatic heterocycles. The van der Waals surface area contributed by atoms with Gasteiger partial charge >= 0.3 is 5.97 Å². The number of carboxylic acid groups (broad SMARTS) is 1. The Hall–Kier alpha value is -1.82. The van der Waals surface area contributed by atoms with Gasteiger partial charge < -0.3 is 5.11 Å². The molecule has 0 atom stereocenters. The third-order valence-electron chi connectivity index (χ3n) is 2.67. The molecule has 0 unspecified atom stereocenters. The largest absolute Gasteiger partial charge is 0.478 e. The summed E-state index contributed by atoms with van der Waals surface area (Å²) in [5, 5.41) is 10.9. The van der Waals surface area contributed by atoms with Gasteiger partial charge in [0.15, 0.2) is 5.82 Å². The molecule has 0 saturated heterocycles. The Labute approximate surface area is 101 Å². The third-order valence-corrected chi connectivity index (χ3v) is 3.26. The molecule has 5 nitrogen and oxygen atoms in total. The van der Waals surface area contributed by atoms with Crippen molar-refractivity contribution in [2.75, 3.05) is 0 Å². The lowest BCUT2D eigenvalue weighted by Crippen LogP contribution is -2.06. The lowest BCUT2D eigenvalue weighted by Gasteiger charge is -2.04. The topological polar surface area (TPSA) is 76.0 Å². The molecule has 0 radical (unpaired) electrons. The average Bonchev–Trinajstić information content (AvgIpc) is 3.03. The second-order valence-corrected chi connectivity index (χ2v) is 4.66. The second kappa shape index (κ2) is 3.89. The van der Waals surface area contributed by atoms with E-state index in [2.05, 4.69) is 15.0 Å². The fraction of sp³-hybridized carbons (Fsp3) is 0.273. The molecule has 1 saturated carbocycles. The average molecular weight is 247 g/mol. The van der Waals surface area contributed by atoms with Crippen LogP contribution < -0.4 is 0 Å². The van der Waals surface area contributed by atoms with Crippen molar-refractivity contribution in [3.8, 4) is 11.5 Å². The summed E-state index contributed by atoms with van der Waals surface area (Å²) >= 11 is 1.47. The van der Waals surface area contributed by atoms with E-state index in [-0.39, 0.29) is 11.5 Å². The maximum Gasteiger partial charge on any atom is 0.339 e. The number of hydrogen-bond donors (Lipinski definition) is 1. The maximum atomic E-state index is 11.1. The van der Waals surface area contributed by atoms with E-state index in [4.69, 9.17) is 5.11 Å². The zero-order valence-electron chi connectivity index (χ0n) is 8.83. The molecular weight excluding hydrogens is 238 g/mol. The highest BCUT2D eigenvalue weighted by molar-refractivity contribution is 7.07. The van der Waals surface area contributed by atoms with Gasteiger partial charge in [0.05, 0.1) is 16.8 Å². The summed E-state index contributed by atoms with van der Waals surface area (Å²) in [7, 11) is 0. The van der Waals surface area contributed by atoms with E-state index in [0.717, 1.165) is 12.8 Å². The number of hydrogen-bond acceptors (Lipinski definition) is 5. The number of carbonyl (C=O) groups is 1. The summed E-state index contributed by atoms with van der Waals surface area (Å²) in [6, 6.07) is 0. The fourth-order valence-corrected chi connectivity index (χ4v) is 2.20. The van der Waals surface area contributed by atoms with Crippen molar-refractivity contribution < 1.29 is 9.90 Å². The minimum atomic E-state index is -0.961. The molecule has 1 aliphatic rings. The molecule has 2 heterocycles. The van der Waals surface area contributed by atoms with Crippen molar-refractivity contribution in [3.63, 3.8) is 0 Å². The molecule has 0 aromatic carbocycles. The van der Waals surface area contributed by atoms with Crippen LogP contribution >= 0.6 is 11.3 Å². The van der Waals surface area contributed by atoms with Gasteiger partial charge in [-0.25, -0.2) is 19.7 Å². The number of aromatic carboxylic acids is 1. The molecule has 2 aromatic rings. The number of aromatic nitrogens is 3. The summed E-state index contributed by atoms with van der Waals surface area (Å²) < 4.78 is 0. The SMILES string of the molecule is O=C(O)c1cnc(-c2cscn2)nc1C1CC1. The van der Waals surface area contributed by atoms with E-state index in [1.807, 2.05) is 5.38 Å². The highest BCUT2D eigenvalue weighted by atomic mass is 32.1. The number of nitrogens with zero attached hydrogens (tertiary/aromatic N) is 3. The van der Waals surface area contributed by atoms with Crippen molar-refractivity contribution in [2.45, 2.75) is 18.8 Å². The molecule has 1 fully saturated rings. The highest BCUT2D eigenvalue weighted by Gasteiger charge is 2.30. The van der Waals surface area contributed by atoms with Crippen molar-refractivity contribution in [1.82, 2.24) is 15.0 Å². The van der Waals surface area contributed by atoms with Gasteiger partial charge in [-0.05, 0) is 12.8 Å². The van der Waals surface area contributed by atoms with Crippen molar-refractivity contribution in [1.29, 1.82) is 0 Å². The third kappa shape index (κ3) is 1.91. The van der Waals surface area contributed by atoms with Crippen LogP contribution in [0, 0.1) is 0 Å². The molecule has 0 spiro atoms. The monoisotopic (exact) mass is 247 g/mol. The molecule has 1 N–H and O–H groups in total. The number of thiazole rings is 1. The molecular formula is C11H9N3O2S. The van der Waals surface area contributed by atoms with Crippen LogP contribution in [0.2, 0.25) is 0 Å². The summed E-state index contributed by atoms with van der Waals surface area (Å²) in [6.45, 7) is 0. The predicted molar refractivity (Wildman–Crippen MR) is 62.1 cm³/mol. The van der Waals surface area contributed by atoms with Gasteiger partial charge in [-0.3, -0.25) is 0 Å². The van der Waals surface area contributed by atoms with E-state index < -0.39 is 5.97 Å². The van der Waals surface area contributed by atoms with Crippen molar-refractivity contribution >= 4 is 17.3 Å². The number of rotatable bonds is 3. The van der Waals surface area contributed by atoms with Crippen LogP contribution in [-0.2, 0) is 0 Å². The van der Waals surface area contributed by atoms with E-state index in [0.29, 0.717) is 17.2 Å². The van der Waals surface area contributed by atoms with E-state index in [1.165, 1.54) is 17.5 Å². The molecule has 0 amide bonds. The van der Waals surface area contributed by atoms with Gasteiger partial charge in [0.25, 0.3) is 0 Å². The number of carboxylic acids is 1. The Morgan fingerprint density at radius 2 is 2.24 bits per heavy atom. The molecule has 6 heteroatoms. The Balaban J connectivity index is 2.09. The minimum Gasteiger partial charge on any atom is -0.478 e. The van der Waals surface area contributed by atoms with Crippen LogP contribution in [0.15, 0.2) is 17.1 Å². The van der Waals surface area contributed by atoms with Gasteiger partial charge in [-0.2, -0.15) is 0 Å². The lowest BCUT2D eigenvalue weighted by atomic mass is 10.1. The fourth-order valence-electron chi connectivity index (χ4n) is 1.67. The zero-order chi connectivity index (χ0) is 11.8. The van der Waals surface area contributed by atoms with E-state index >= 15 is 0 Å². The molecule has 1 aliphatic carbocycles. The Morgan fingerprint density at radius 1 is 1.41 bits per heavy atom. The maximum absolute atomic E-state index is 11.1. The first-order valence-electron chi connectivity index (χ1n) is 5.24.